The highest BCUT2D eigenvalue weighted by molar-refractivity contribution is 5.96. The minimum Gasteiger partial charge on any atom is -0.481 e. The molecule has 0 bridgehead atoms. The van der Waals surface area contributed by atoms with Gasteiger partial charge in [0.1, 0.15) is 5.75 Å². The van der Waals surface area contributed by atoms with Crippen LogP contribution in [0.5, 0.6) is 5.75 Å². The van der Waals surface area contributed by atoms with Gasteiger partial charge >= 0.3 is 0 Å². The van der Waals surface area contributed by atoms with Gasteiger partial charge in [0.15, 0.2) is 11.9 Å². The molecule has 2 rings (SSSR count). The smallest absolute Gasteiger partial charge is 0.273 e. The van der Waals surface area contributed by atoms with E-state index in [9.17, 15) is 19.7 Å². The molecule has 0 saturated carbocycles. The third-order valence-corrected chi connectivity index (χ3v) is 3.27. The van der Waals surface area contributed by atoms with Crippen molar-refractivity contribution in [3.05, 3.63) is 64.2 Å². The Hall–Kier alpha value is -3.22. The molecule has 1 atom stereocenters. The molecular weight excluding hydrogens is 312 g/mol. The van der Waals surface area contributed by atoms with Gasteiger partial charge in [-0.05, 0) is 44.2 Å². The number of carbonyl (C=O) groups is 2. The van der Waals surface area contributed by atoms with Gasteiger partial charge in [-0.25, -0.2) is 0 Å². The predicted molar refractivity (Wildman–Crippen MR) is 88.3 cm³/mol. The molecule has 0 spiro atoms. The zero-order valence-electron chi connectivity index (χ0n) is 13.2. The Bertz CT molecular complexity index is 771. The standard InChI is InChI=1S/C17H16N2O5/c1-11(20)13-6-8-14(9-7-13)18-17(21)12(2)24-16-5-3-4-15(10-16)19(22)23/h3-10,12H,1-2H3,(H,18,21)/t12-/m0/s1. The summed E-state index contributed by atoms with van der Waals surface area (Å²) in [5.41, 5.74) is 0.966. The van der Waals surface area contributed by atoms with Gasteiger partial charge < -0.3 is 10.1 Å². The van der Waals surface area contributed by atoms with Crippen molar-refractivity contribution in [2.24, 2.45) is 0 Å². The summed E-state index contributed by atoms with van der Waals surface area (Å²) in [5.74, 6) is -0.230. The number of hydrogen-bond acceptors (Lipinski definition) is 5. The average molecular weight is 328 g/mol. The third kappa shape index (κ3) is 4.39. The maximum absolute atomic E-state index is 12.1. The van der Waals surface area contributed by atoms with Gasteiger partial charge in [0.25, 0.3) is 11.6 Å². The lowest BCUT2D eigenvalue weighted by atomic mass is 10.1. The number of carbonyl (C=O) groups excluding carboxylic acids is 2. The van der Waals surface area contributed by atoms with Crippen LogP contribution >= 0.6 is 0 Å². The van der Waals surface area contributed by atoms with Gasteiger partial charge in [0.05, 0.1) is 11.0 Å². The molecular formula is C17H16N2O5. The van der Waals surface area contributed by atoms with Crippen LogP contribution in [0, 0.1) is 10.1 Å². The van der Waals surface area contributed by atoms with E-state index in [1.807, 2.05) is 0 Å². The maximum atomic E-state index is 12.1. The Morgan fingerprint density at radius 3 is 2.42 bits per heavy atom. The summed E-state index contributed by atoms with van der Waals surface area (Å²) in [6, 6.07) is 12.1. The van der Waals surface area contributed by atoms with Crippen molar-refractivity contribution < 1.29 is 19.2 Å². The second kappa shape index (κ2) is 7.36. The van der Waals surface area contributed by atoms with Crippen LogP contribution in [-0.2, 0) is 4.79 Å². The summed E-state index contributed by atoms with van der Waals surface area (Å²) in [6.07, 6.45) is -0.848. The molecule has 0 saturated heterocycles. The lowest BCUT2D eigenvalue weighted by molar-refractivity contribution is -0.384. The zero-order valence-corrected chi connectivity index (χ0v) is 13.2. The lowest BCUT2D eigenvalue weighted by Gasteiger charge is -2.14. The first-order valence-corrected chi connectivity index (χ1v) is 7.20. The molecule has 7 heteroatoms. The fourth-order valence-corrected chi connectivity index (χ4v) is 1.96. The van der Waals surface area contributed by atoms with E-state index in [2.05, 4.69) is 5.32 Å². The highest BCUT2D eigenvalue weighted by atomic mass is 16.6. The van der Waals surface area contributed by atoms with E-state index in [0.29, 0.717) is 11.3 Å². The summed E-state index contributed by atoms with van der Waals surface area (Å²) >= 11 is 0. The summed E-state index contributed by atoms with van der Waals surface area (Å²) in [5, 5.41) is 13.4. The van der Waals surface area contributed by atoms with Crippen molar-refractivity contribution in [3.63, 3.8) is 0 Å². The SMILES string of the molecule is CC(=O)c1ccc(NC(=O)[C@H](C)Oc2cccc([N+](=O)[O-])c2)cc1. The number of anilines is 1. The van der Waals surface area contributed by atoms with Crippen molar-refractivity contribution in [1.29, 1.82) is 0 Å². The Labute approximate surface area is 138 Å². The zero-order chi connectivity index (χ0) is 17.7. The first-order valence-electron chi connectivity index (χ1n) is 7.20. The second-order valence-corrected chi connectivity index (χ2v) is 5.14. The molecule has 2 aromatic rings. The van der Waals surface area contributed by atoms with Gasteiger partial charge in [-0.2, -0.15) is 0 Å². The van der Waals surface area contributed by atoms with Crippen LogP contribution in [0.3, 0.4) is 0 Å². The Morgan fingerprint density at radius 2 is 1.83 bits per heavy atom. The molecule has 24 heavy (non-hydrogen) atoms. The van der Waals surface area contributed by atoms with Crippen LogP contribution in [0.25, 0.3) is 0 Å². The molecule has 2 aromatic carbocycles. The minimum atomic E-state index is -0.848. The number of Topliss-reactive ketones (excluding diaryl/α,β-unsaturated/α-hetero) is 1. The number of nitro benzene ring substituents is 1. The molecule has 0 unspecified atom stereocenters. The van der Waals surface area contributed by atoms with Crippen molar-refractivity contribution in [3.8, 4) is 5.75 Å². The highest BCUT2D eigenvalue weighted by Crippen LogP contribution is 2.20. The minimum absolute atomic E-state index is 0.0600. The molecule has 124 valence electrons. The van der Waals surface area contributed by atoms with Gasteiger partial charge in [0, 0.05) is 17.3 Å². The molecule has 0 aliphatic rings. The van der Waals surface area contributed by atoms with E-state index in [-0.39, 0.29) is 17.2 Å². The van der Waals surface area contributed by atoms with Crippen molar-refractivity contribution >= 4 is 23.1 Å². The Kier molecular flexibility index (Phi) is 5.26. The number of amides is 1. The second-order valence-electron chi connectivity index (χ2n) is 5.14. The number of hydrogen-bond donors (Lipinski definition) is 1. The number of nitrogens with one attached hydrogen (secondary N) is 1. The normalized spacial score (nSPS) is 11.4. The number of nitro groups is 1. The van der Waals surface area contributed by atoms with Gasteiger partial charge in [0.2, 0.25) is 0 Å². The molecule has 0 radical (unpaired) electrons. The van der Waals surface area contributed by atoms with Crippen LogP contribution in [0.2, 0.25) is 0 Å². The highest BCUT2D eigenvalue weighted by Gasteiger charge is 2.16. The molecule has 0 aliphatic carbocycles. The third-order valence-electron chi connectivity index (χ3n) is 3.27. The number of rotatable bonds is 6. The maximum Gasteiger partial charge on any atom is 0.273 e. The van der Waals surface area contributed by atoms with Crippen LogP contribution in [-0.4, -0.2) is 22.7 Å². The molecule has 0 heterocycles. The molecule has 0 aliphatic heterocycles. The number of benzene rings is 2. The average Bonchev–Trinajstić information content (AvgIpc) is 2.55. The van der Waals surface area contributed by atoms with Crippen LogP contribution < -0.4 is 10.1 Å². The van der Waals surface area contributed by atoms with Gasteiger partial charge in [-0.1, -0.05) is 6.07 Å². The first-order chi connectivity index (χ1) is 11.4. The fraction of sp³-hybridized carbons (Fsp3) is 0.176. The van der Waals surface area contributed by atoms with Gasteiger partial charge in [-0.15, -0.1) is 0 Å². The topological polar surface area (TPSA) is 98.5 Å². The molecule has 1 N–H and O–H groups in total. The van der Waals surface area contributed by atoms with E-state index in [4.69, 9.17) is 4.74 Å². The van der Waals surface area contributed by atoms with Crippen molar-refractivity contribution in [1.82, 2.24) is 0 Å². The van der Waals surface area contributed by atoms with Crippen molar-refractivity contribution in [2.45, 2.75) is 20.0 Å². The number of non-ortho nitro benzene ring substituents is 1. The van der Waals surface area contributed by atoms with E-state index in [1.165, 1.54) is 32.0 Å². The fourth-order valence-electron chi connectivity index (χ4n) is 1.96. The first kappa shape index (κ1) is 17.1. The molecule has 0 aromatic heterocycles. The number of nitrogens with zero attached hydrogens (tertiary/aromatic N) is 1. The molecule has 1 amide bonds. The van der Waals surface area contributed by atoms with Crippen molar-refractivity contribution in [2.75, 3.05) is 5.32 Å². The van der Waals surface area contributed by atoms with Crippen LogP contribution in [0.4, 0.5) is 11.4 Å². The lowest BCUT2D eigenvalue weighted by Crippen LogP contribution is -2.30. The van der Waals surface area contributed by atoms with E-state index in [0.717, 1.165) is 0 Å². The molecule has 0 fully saturated rings. The quantitative estimate of drug-likeness (QED) is 0.499. The summed E-state index contributed by atoms with van der Waals surface area (Å²) < 4.78 is 5.43. The Balaban J connectivity index is 2.00. The Morgan fingerprint density at radius 1 is 1.17 bits per heavy atom. The van der Waals surface area contributed by atoms with E-state index >= 15 is 0 Å². The monoisotopic (exact) mass is 328 g/mol. The largest absolute Gasteiger partial charge is 0.481 e. The van der Waals surface area contributed by atoms with Crippen LogP contribution in [0.1, 0.15) is 24.2 Å². The van der Waals surface area contributed by atoms with Crippen LogP contribution in [0.15, 0.2) is 48.5 Å². The van der Waals surface area contributed by atoms with E-state index < -0.39 is 16.9 Å². The molecule has 7 nitrogen and oxygen atoms in total. The van der Waals surface area contributed by atoms with Gasteiger partial charge in [-0.3, -0.25) is 19.7 Å². The summed E-state index contributed by atoms with van der Waals surface area (Å²) in [4.78, 5) is 33.5. The summed E-state index contributed by atoms with van der Waals surface area (Å²) in [6.45, 7) is 3.00. The predicted octanol–water partition coefficient (Wildman–Crippen LogP) is 3.20. The van der Waals surface area contributed by atoms with E-state index in [1.54, 1.807) is 30.3 Å². The summed E-state index contributed by atoms with van der Waals surface area (Å²) in [7, 11) is 0. The number of ether oxygens (including phenoxy) is 1. The number of ketones is 1.